The van der Waals surface area contributed by atoms with Gasteiger partial charge in [0, 0.05) is 37.4 Å². The fourth-order valence-electron chi connectivity index (χ4n) is 2.42. The van der Waals surface area contributed by atoms with Gasteiger partial charge in [-0.2, -0.15) is 8.78 Å². The van der Waals surface area contributed by atoms with E-state index in [1.165, 1.54) is 0 Å². The number of benzene rings is 1. The van der Waals surface area contributed by atoms with Crippen LogP contribution < -0.4 is 15.4 Å². The van der Waals surface area contributed by atoms with Gasteiger partial charge in [-0.15, -0.1) is 0 Å². The molecule has 4 nitrogen and oxygen atoms in total. The molecule has 1 aromatic carbocycles. The Balaban J connectivity index is 2.20. The molecule has 1 heterocycles. The summed E-state index contributed by atoms with van der Waals surface area (Å²) < 4.78 is 29.0. The summed E-state index contributed by atoms with van der Waals surface area (Å²) in [6.07, 6.45) is 0. The molecule has 0 spiro atoms. The smallest absolute Gasteiger partial charge is 0.387 e. The summed E-state index contributed by atoms with van der Waals surface area (Å²) in [6.45, 7) is 1.99. The van der Waals surface area contributed by atoms with E-state index in [9.17, 15) is 8.78 Å². The lowest BCUT2D eigenvalue weighted by atomic mass is 10.1. The molecule has 2 rings (SSSR count). The van der Waals surface area contributed by atoms with Crippen LogP contribution in [0.3, 0.4) is 0 Å². The van der Waals surface area contributed by atoms with Crippen molar-refractivity contribution in [3.05, 3.63) is 18.2 Å². The molecular formula is C13H19F2N3O. The van der Waals surface area contributed by atoms with Gasteiger partial charge in [0.2, 0.25) is 0 Å². The van der Waals surface area contributed by atoms with Gasteiger partial charge in [-0.3, -0.25) is 0 Å². The predicted octanol–water partition coefficient (Wildman–Crippen LogP) is 2.01. The zero-order chi connectivity index (χ0) is 14.0. The minimum Gasteiger partial charge on any atom is -0.433 e. The first-order valence-corrected chi connectivity index (χ1v) is 6.27. The highest BCUT2D eigenvalue weighted by molar-refractivity contribution is 5.62. The third kappa shape index (κ3) is 3.26. The van der Waals surface area contributed by atoms with E-state index in [4.69, 9.17) is 5.73 Å². The van der Waals surface area contributed by atoms with Gasteiger partial charge in [-0.1, -0.05) is 0 Å². The van der Waals surface area contributed by atoms with E-state index in [2.05, 4.69) is 28.5 Å². The van der Waals surface area contributed by atoms with Crippen molar-refractivity contribution in [3.63, 3.8) is 0 Å². The normalized spacial score (nSPS) is 20.9. The van der Waals surface area contributed by atoms with E-state index in [1.807, 2.05) is 6.07 Å². The highest BCUT2D eigenvalue weighted by Crippen LogP contribution is 2.30. The van der Waals surface area contributed by atoms with Crippen LogP contribution in [0.2, 0.25) is 0 Å². The molecule has 0 bridgehead atoms. The monoisotopic (exact) mass is 271 g/mol. The molecule has 0 saturated carbocycles. The van der Waals surface area contributed by atoms with E-state index in [-0.39, 0.29) is 11.4 Å². The number of piperazine rings is 1. The lowest BCUT2D eigenvalue weighted by Gasteiger charge is -2.40. The van der Waals surface area contributed by atoms with Gasteiger partial charge in [0.15, 0.2) is 5.75 Å². The molecule has 0 aromatic heterocycles. The maximum atomic E-state index is 12.3. The maximum absolute atomic E-state index is 12.3. The fraction of sp³-hybridized carbons (Fsp3) is 0.538. The van der Waals surface area contributed by atoms with Crippen LogP contribution in [0.4, 0.5) is 20.2 Å². The third-order valence-electron chi connectivity index (χ3n) is 3.38. The average Bonchev–Trinajstić information content (AvgIpc) is 2.32. The Hall–Kier alpha value is -1.56. The van der Waals surface area contributed by atoms with E-state index >= 15 is 0 Å². The molecule has 2 N–H and O–H groups in total. The number of alkyl halides is 2. The van der Waals surface area contributed by atoms with Gasteiger partial charge >= 0.3 is 6.61 Å². The first kappa shape index (κ1) is 13.9. The van der Waals surface area contributed by atoms with Crippen molar-refractivity contribution in [1.29, 1.82) is 0 Å². The molecule has 1 aromatic rings. The molecule has 1 atom stereocenters. The zero-order valence-electron chi connectivity index (χ0n) is 11.1. The number of nitrogen functional groups attached to an aromatic ring is 1. The van der Waals surface area contributed by atoms with E-state index in [0.717, 1.165) is 25.3 Å². The van der Waals surface area contributed by atoms with Crippen molar-refractivity contribution in [2.45, 2.75) is 19.6 Å². The summed E-state index contributed by atoms with van der Waals surface area (Å²) in [5.41, 5.74) is 6.73. The zero-order valence-corrected chi connectivity index (χ0v) is 11.1. The second kappa shape index (κ2) is 5.61. The summed E-state index contributed by atoms with van der Waals surface area (Å²) in [4.78, 5) is 4.42. The Labute approximate surface area is 111 Å². The SMILES string of the molecule is C[C@H]1CN(C)CCN1c1ccc(N)c(OC(F)F)c1. The molecular weight excluding hydrogens is 252 g/mol. The van der Waals surface area contributed by atoms with Gasteiger partial charge < -0.3 is 20.3 Å². The van der Waals surface area contributed by atoms with Gasteiger partial charge in [0.25, 0.3) is 0 Å². The number of halogens is 2. The minimum atomic E-state index is -2.86. The van der Waals surface area contributed by atoms with Gasteiger partial charge in [0.1, 0.15) is 0 Å². The van der Waals surface area contributed by atoms with Crippen molar-refractivity contribution >= 4 is 11.4 Å². The summed E-state index contributed by atoms with van der Waals surface area (Å²) in [6, 6.07) is 5.36. The number of hydrogen-bond acceptors (Lipinski definition) is 4. The second-order valence-corrected chi connectivity index (χ2v) is 4.91. The number of rotatable bonds is 3. The summed E-state index contributed by atoms with van der Waals surface area (Å²) in [7, 11) is 2.07. The lowest BCUT2D eigenvalue weighted by Crippen LogP contribution is -2.50. The van der Waals surface area contributed by atoms with Crippen LogP contribution in [-0.4, -0.2) is 44.2 Å². The number of hydrogen-bond donors (Lipinski definition) is 1. The van der Waals surface area contributed by atoms with Gasteiger partial charge in [-0.05, 0) is 26.1 Å². The fourth-order valence-corrected chi connectivity index (χ4v) is 2.42. The van der Waals surface area contributed by atoms with Crippen LogP contribution in [0.15, 0.2) is 18.2 Å². The molecule has 1 saturated heterocycles. The largest absolute Gasteiger partial charge is 0.433 e. The Morgan fingerprint density at radius 3 is 2.74 bits per heavy atom. The first-order valence-electron chi connectivity index (χ1n) is 6.27. The van der Waals surface area contributed by atoms with E-state index in [1.54, 1.807) is 12.1 Å². The van der Waals surface area contributed by atoms with Crippen LogP contribution >= 0.6 is 0 Å². The third-order valence-corrected chi connectivity index (χ3v) is 3.38. The number of nitrogens with zero attached hydrogens (tertiary/aromatic N) is 2. The Bertz CT molecular complexity index is 442. The Morgan fingerprint density at radius 2 is 2.11 bits per heavy atom. The number of nitrogens with two attached hydrogens (primary N) is 1. The van der Waals surface area contributed by atoms with Crippen molar-refractivity contribution in [3.8, 4) is 5.75 Å². The lowest BCUT2D eigenvalue weighted by molar-refractivity contribution is -0.0493. The summed E-state index contributed by atoms with van der Waals surface area (Å²) >= 11 is 0. The Kier molecular flexibility index (Phi) is 4.09. The standard InChI is InChI=1S/C13H19F2N3O/c1-9-8-17(2)5-6-18(9)10-3-4-11(16)12(7-10)19-13(14)15/h3-4,7,9,13H,5-6,8,16H2,1-2H3/t9-/m0/s1. The van der Waals surface area contributed by atoms with E-state index in [0.29, 0.717) is 6.04 Å². The van der Waals surface area contributed by atoms with Crippen molar-refractivity contribution < 1.29 is 13.5 Å². The van der Waals surface area contributed by atoms with Crippen molar-refractivity contribution in [1.82, 2.24) is 4.90 Å². The molecule has 19 heavy (non-hydrogen) atoms. The first-order chi connectivity index (χ1) is 8.97. The van der Waals surface area contributed by atoms with E-state index < -0.39 is 6.61 Å². The summed E-state index contributed by atoms with van der Waals surface area (Å²) in [5.74, 6) is 0.0404. The van der Waals surface area contributed by atoms with Crippen molar-refractivity contribution in [2.24, 2.45) is 0 Å². The van der Waals surface area contributed by atoms with Gasteiger partial charge in [-0.25, -0.2) is 0 Å². The second-order valence-electron chi connectivity index (χ2n) is 4.91. The highest BCUT2D eigenvalue weighted by Gasteiger charge is 2.22. The molecule has 0 aliphatic carbocycles. The van der Waals surface area contributed by atoms with Crippen LogP contribution in [0.1, 0.15) is 6.92 Å². The molecule has 1 aliphatic rings. The molecule has 1 aliphatic heterocycles. The topological polar surface area (TPSA) is 41.7 Å². The Morgan fingerprint density at radius 1 is 1.37 bits per heavy atom. The molecule has 0 amide bonds. The van der Waals surface area contributed by atoms with Crippen LogP contribution in [0.5, 0.6) is 5.75 Å². The molecule has 0 unspecified atom stereocenters. The average molecular weight is 271 g/mol. The highest BCUT2D eigenvalue weighted by atomic mass is 19.3. The maximum Gasteiger partial charge on any atom is 0.387 e. The number of ether oxygens (including phenoxy) is 1. The number of anilines is 2. The molecule has 6 heteroatoms. The van der Waals surface area contributed by atoms with Crippen molar-refractivity contribution in [2.75, 3.05) is 37.3 Å². The molecule has 1 fully saturated rings. The van der Waals surface area contributed by atoms with Crippen LogP contribution in [-0.2, 0) is 0 Å². The van der Waals surface area contributed by atoms with Crippen LogP contribution in [0.25, 0.3) is 0 Å². The summed E-state index contributed by atoms with van der Waals surface area (Å²) in [5, 5.41) is 0. The van der Waals surface area contributed by atoms with Crippen LogP contribution in [0, 0.1) is 0 Å². The van der Waals surface area contributed by atoms with Gasteiger partial charge in [0.05, 0.1) is 5.69 Å². The minimum absolute atomic E-state index is 0.0404. The quantitative estimate of drug-likeness (QED) is 0.854. The number of likely N-dealkylation sites (N-methyl/N-ethyl adjacent to an activating group) is 1. The molecule has 0 radical (unpaired) electrons. The predicted molar refractivity (Wildman–Crippen MR) is 71.8 cm³/mol. The molecule has 106 valence electrons.